The van der Waals surface area contributed by atoms with Crippen LogP contribution in [0.15, 0.2) is 48.5 Å². The van der Waals surface area contributed by atoms with E-state index in [4.69, 9.17) is 0 Å². The van der Waals surface area contributed by atoms with Gasteiger partial charge in [0.25, 0.3) is 17.6 Å². The molecule has 0 aromatic heterocycles. The van der Waals surface area contributed by atoms with Gasteiger partial charge < -0.3 is 14.9 Å². The number of rotatable bonds is 4. The van der Waals surface area contributed by atoms with Crippen LogP contribution in [-0.2, 0) is 16.0 Å². The summed E-state index contributed by atoms with van der Waals surface area (Å²) < 4.78 is 14.4. The van der Waals surface area contributed by atoms with Crippen molar-refractivity contribution in [3.8, 4) is 0 Å². The maximum absolute atomic E-state index is 14.4. The van der Waals surface area contributed by atoms with E-state index in [1.807, 2.05) is 6.07 Å². The maximum atomic E-state index is 14.4. The number of carboxylic acids is 1. The second-order valence-corrected chi connectivity index (χ2v) is 7.36. The summed E-state index contributed by atoms with van der Waals surface area (Å²) >= 11 is 0. The van der Waals surface area contributed by atoms with Crippen LogP contribution in [0.2, 0.25) is 0 Å². The Hall–Kier alpha value is -3.81. The van der Waals surface area contributed by atoms with Gasteiger partial charge in [-0.2, -0.15) is 0 Å². The normalized spacial score (nSPS) is 15.3. The van der Waals surface area contributed by atoms with Gasteiger partial charge in [0.1, 0.15) is 5.82 Å². The number of Topliss-reactive ketones (excluding diaryl/α,β-unsaturated/α-hetero) is 1. The number of fused-ring (bicyclic) bond motifs is 1. The fraction of sp³-hybridized carbons (Fsp3) is 0.217. The van der Waals surface area contributed by atoms with Gasteiger partial charge >= 0.3 is 5.97 Å². The van der Waals surface area contributed by atoms with E-state index in [0.717, 1.165) is 12.1 Å². The summed E-state index contributed by atoms with van der Waals surface area (Å²) in [7, 11) is 0. The van der Waals surface area contributed by atoms with Crippen molar-refractivity contribution in [3.63, 3.8) is 0 Å². The molecular weight excluding hydrogens is 403 g/mol. The lowest BCUT2D eigenvalue weighted by molar-refractivity contribution is -0.142. The molecule has 1 saturated heterocycles. The zero-order chi connectivity index (χ0) is 22.1. The third-order valence-electron chi connectivity index (χ3n) is 5.59. The van der Waals surface area contributed by atoms with Crippen molar-refractivity contribution >= 4 is 29.1 Å². The first-order chi connectivity index (χ1) is 14.9. The van der Waals surface area contributed by atoms with Gasteiger partial charge in [-0.25, -0.2) is 9.18 Å². The summed E-state index contributed by atoms with van der Waals surface area (Å²) in [5, 5.41) is 9.29. The lowest BCUT2D eigenvalue weighted by Crippen LogP contribution is -2.52. The second-order valence-electron chi connectivity index (χ2n) is 7.36. The molecule has 8 heteroatoms. The number of aromatic carboxylic acids is 1. The highest BCUT2D eigenvalue weighted by atomic mass is 19.1. The minimum atomic E-state index is -1.22. The fourth-order valence-corrected chi connectivity index (χ4v) is 3.97. The van der Waals surface area contributed by atoms with E-state index in [0.29, 0.717) is 5.56 Å². The predicted octanol–water partition coefficient (Wildman–Crippen LogP) is 2.02. The molecule has 0 radical (unpaired) electrons. The first kappa shape index (κ1) is 20.5. The largest absolute Gasteiger partial charge is 0.478 e. The number of amides is 2. The van der Waals surface area contributed by atoms with Crippen molar-refractivity contribution < 1.29 is 28.7 Å². The minimum absolute atomic E-state index is 0.0719. The van der Waals surface area contributed by atoms with E-state index in [9.17, 15) is 28.7 Å². The highest BCUT2D eigenvalue weighted by molar-refractivity contribution is 6.53. The monoisotopic (exact) mass is 422 g/mol. The van der Waals surface area contributed by atoms with Crippen LogP contribution >= 0.6 is 0 Å². The summed E-state index contributed by atoms with van der Waals surface area (Å²) in [5.41, 5.74) is 0.438. The zero-order valence-electron chi connectivity index (χ0n) is 16.5. The van der Waals surface area contributed by atoms with Crippen LogP contribution in [0, 0.1) is 5.82 Å². The molecule has 1 heterocycles. The summed E-state index contributed by atoms with van der Waals surface area (Å²) in [6.07, 6.45) is 1.47. The Kier molecular flexibility index (Phi) is 5.37. The number of halogens is 1. The number of carboxylic acid groups (broad SMARTS) is 1. The van der Waals surface area contributed by atoms with Crippen molar-refractivity contribution in [1.82, 2.24) is 9.80 Å². The molecule has 4 rings (SSSR count). The number of piperazine rings is 1. The molecule has 0 saturated carbocycles. The van der Waals surface area contributed by atoms with Gasteiger partial charge in [0.2, 0.25) is 0 Å². The van der Waals surface area contributed by atoms with Crippen LogP contribution in [0.25, 0.3) is 5.57 Å². The van der Waals surface area contributed by atoms with Gasteiger partial charge in [0.15, 0.2) is 0 Å². The van der Waals surface area contributed by atoms with Gasteiger partial charge in [-0.05, 0) is 36.2 Å². The summed E-state index contributed by atoms with van der Waals surface area (Å²) in [6, 6.07) is 10.9. The van der Waals surface area contributed by atoms with Gasteiger partial charge in [0.05, 0.1) is 5.56 Å². The van der Waals surface area contributed by atoms with Crippen molar-refractivity contribution in [1.29, 1.82) is 0 Å². The molecular formula is C23H19FN2O5. The molecule has 2 aliphatic rings. The third kappa shape index (κ3) is 3.72. The Bertz CT molecular complexity index is 1120. The smallest absolute Gasteiger partial charge is 0.335 e. The Morgan fingerprint density at radius 3 is 2.16 bits per heavy atom. The molecule has 1 aliphatic carbocycles. The SMILES string of the molecule is O=C(C(=O)N1CCN(C(=O)c2ccccc2)CC1)C1=CCc2c(C(=O)O)ccc(F)c21. The molecule has 0 spiro atoms. The van der Waals surface area contributed by atoms with Gasteiger partial charge in [-0.15, -0.1) is 0 Å². The van der Waals surface area contributed by atoms with E-state index in [2.05, 4.69) is 0 Å². The van der Waals surface area contributed by atoms with Gasteiger partial charge in [-0.1, -0.05) is 24.3 Å². The van der Waals surface area contributed by atoms with Gasteiger partial charge in [-0.3, -0.25) is 14.4 Å². The Morgan fingerprint density at radius 1 is 0.871 bits per heavy atom. The molecule has 2 aromatic rings. The summed E-state index contributed by atoms with van der Waals surface area (Å²) in [4.78, 5) is 52.5. The Labute approximate surface area is 177 Å². The number of nitrogens with zero attached hydrogens (tertiary/aromatic N) is 2. The highest BCUT2D eigenvalue weighted by Gasteiger charge is 2.34. The van der Waals surface area contributed by atoms with E-state index in [1.54, 1.807) is 29.2 Å². The molecule has 0 atom stereocenters. The summed E-state index contributed by atoms with van der Waals surface area (Å²) in [6.45, 7) is 0.918. The highest BCUT2D eigenvalue weighted by Crippen LogP contribution is 2.33. The van der Waals surface area contributed by atoms with Crippen LogP contribution in [0.5, 0.6) is 0 Å². The van der Waals surface area contributed by atoms with Crippen LogP contribution < -0.4 is 0 Å². The van der Waals surface area contributed by atoms with Crippen molar-refractivity contribution in [3.05, 3.63) is 76.6 Å². The molecule has 2 aromatic carbocycles. The Morgan fingerprint density at radius 2 is 1.52 bits per heavy atom. The number of hydrogen-bond donors (Lipinski definition) is 1. The average molecular weight is 422 g/mol. The van der Waals surface area contributed by atoms with Crippen molar-refractivity contribution in [2.24, 2.45) is 0 Å². The fourth-order valence-electron chi connectivity index (χ4n) is 3.97. The van der Waals surface area contributed by atoms with Crippen molar-refractivity contribution in [2.75, 3.05) is 26.2 Å². The molecule has 158 valence electrons. The topological polar surface area (TPSA) is 95.0 Å². The molecule has 1 aliphatic heterocycles. The van der Waals surface area contributed by atoms with Crippen LogP contribution in [0.4, 0.5) is 4.39 Å². The number of carbonyl (C=O) groups excluding carboxylic acids is 3. The van der Waals surface area contributed by atoms with E-state index < -0.39 is 23.5 Å². The third-order valence-corrected chi connectivity index (χ3v) is 5.59. The van der Waals surface area contributed by atoms with Crippen LogP contribution in [0.3, 0.4) is 0 Å². The van der Waals surface area contributed by atoms with Crippen LogP contribution in [-0.4, -0.2) is 64.7 Å². The van der Waals surface area contributed by atoms with Crippen molar-refractivity contribution in [2.45, 2.75) is 6.42 Å². The first-order valence-electron chi connectivity index (χ1n) is 9.81. The maximum Gasteiger partial charge on any atom is 0.335 e. The molecule has 0 unspecified atom stereocenters. The number of allylic oxidation sites excluding steroid dienone is 1. The second kappa shape index (κ2) is 8.14. The molecule has 2 amide bonds. The molecule has 1 fully saturated rings. The first-order valence-corrected chi connectivity index (χ1v) is 9.81. The zero-order valence-corrected chi connectivity index (χ0v) is 16.5. The number of carbonyl (C=O) groups is 4. The minimum Gasteiger partial charge on any atom is -0.478 e. The van der Waals surface area contributed by atoms with Crippen LogP contribution in [0.1, 0.15) is 31.8 Å². The quantitative estimate of drug-likeness (QED) is 0.761. The van der Waals surface area contributed by atoms with Gasteiger partial charge in [0, 0.05) is 42.9 Å². The predicted molar refractivity (Wildman–Crippen MR) is 109 cm³/mol. The average Bonchev–Trinajstić information content (AvgIpc) is 3.24. The number of benzene rings is 2. The number of ketones is 1. The lowest BCUT2D eigenvalue weighted by atomic mass is 9.97. The molecule has 7 nitrogen and oxygen atoms in total. The standard InChI is InChI=1S/C23H19FN2O5/c24-18-9-8-16(23(30)31)15-6-7-17(19(15)18)20(27)22(29)26-12-10-25(11-13-26)21(28)14-4-2-1-3-5-14/h1-5,7-9H,6,10-13H2,(H,30,31). The molecule has 31 heavy (non-hydrogen) atoms. The number of hydrogen-bond acceptors (Lipinski definition) is 4. The van der Waals surface area contributed by atoms with E-state index in [-0.39, 0.29) is 60.8 Å². The lowest BCUT2D eigenvalue weighted by Gasteiger charge is -2.34. The molecule has 0 bridgehead atoms. The Balaban J connectivity index is 1.46. The summed E-state index contributed by atoms with van der Waals surface area (Å²) in [5.74, 6) is -3.75. The molecule has 1 N–H and O–H groups in total. The van der Waals surface area contributed by atoms with E-state index >= 15 is 0 Å². The van der Waals surface area contributed by atoms with E-state index in [1.165, 1.54) is 11.0 Å².